The molecule has 1 atom stereocenters. The molecule has 96 valence electrons. The summed E-state index contributed by atoms with van der Waals surface area (Å²) in [5.41, 5.74) is 0.542. The Labute approximate surface area is 118 Å². The number of nitriles is 1. The fraction of sp³-hybridized carbons (Fsp3) is 0.429. The van der Waals surface area contributed by atoms with Crippen molar-refractivity contribution in [1.82, 2.24) is 0 Å². The van der Waals surface area contributed by atoms with E-state index in [4.69, 9.17) is 23.2 Å². The highest BCUT2D eigenvalue weighted by Crippen LogP contribution is 2.30. The first kappa shape index (κ1) is 15.0. The minimum Gasteiger partial charge on any atom is -0.298 e. The molecule has 1 unspecified atom stereocenters. The van der Waals surface area contributed by atoms with E-state index >= 15 is 0 Å². The quantitative estimate of drug-likeness (QED) is 0.792. The molecule has 0 heterocycles. The van der Waals surface area contributed by atoms with Crippen molar-refractivity contribution in [2.45, 2.75) is 32.6 Å². The van der Waals surface area contributed by atoms with Crippen LogP contribution in [0, 0.1) is 17.2 Å². The van der Waals surface area contributed by atoms with Gasteiger partial charge in [0, 0.05) is 16.0 Å². The Morgan fingerprint density at radius 2 is 1.94 bits per heavy atom. The van der Waals surface area contributed by atoms with Crippen LogP contribution in [0.15, 0.2) is 18.2 Å². The number of rotatable bonds is 5. The lowest BCUT2D eigenvalue weighted by atomic mass is 9.85. The molecule has 4 heteroatoms. The first-order valence-electron chi connectivity index (χ1n) is 5.93. The third kappa shape index (κ3) is 3.25. The Kier molecular flexibility index (Phi) is 5.65. The molecule has 0 aliphatic carbocycles. The predicted molar refractivity (Wildman–Crippen MR) is 73.9 cm³/mol. The van der Waals surface area contributed by atoms with Crippen molar-refractivity contribution < 1.29 is 4.79 Å². The molecule has 0 aliphatic heterocycles. The van der Waals surface area contributed by atoms with E-state index in [1.165, 1.54) is 0 Å². The van der Waals surface area contributed by atoms with Gasteiger partial charge in [-0.25, -0.2) is 0 Å². The number of hydrogen-bond donors (Lipinski definition) is 0. The Hall–Kier alpha value is -1.04. The molecular formula is C14H15Cl2NO. The number of Topliss-reactive ketones (excluding diaryl/α,β-unsaturated/α-hetero) is 1. The summed E-state index contributed by atoms with van der Waals surface area (Å²) in [5, 5.41) is 10.1. The lowest BCUT2D eigenvalue weighted by Gasteiger charge is -2.16. The van der Waals surface area contributed by atoms with E-state index in [1.54, 1.807) is 18.2 Å². The van der Waals surface area contributed by atoms with E-state index < -0.39 is 5.92 Å². The number of benzene rings is 1. The van der Waals surface area contributed by atoms with Gasteiger partial charge < -0.3 is 0 Å². The zero-order valence-corrected chi connectivity index (χ0v) is 11.9. The van der Waals surface area contributed by atoms with Gasteiger partial charge in [-0.15, -0.1) is 0 Å². The molecule has 0 saturated heterocycles. The second-order valence-corrected chi connectivity index (χ2v) is 4.99. The standard InChI is InChI=1S/C14H15Cl2NO/c1-3-9(4-2)14(18)12(8-17)11-6-5-10(15)7-13(11)16/h5-7,9,12H,3-4H2,1-2H3. The average Bonchev–Trinajstić information content (AvgIpc) is 2.34. The predicted octanol–water partition coefficient (Wildman–Crippen LogP) is 4.61. The number of carbonyl (C=O) groups excluding carboxylic acids is 1. The summed E-state index contributed by atoms with van der Waals surface area (Å²) in [5.74, 6) is -0.965. The molecule has 0 aromatic heterocycles. The number of hydrogen-bond acceptors (Lipinski definition) is 2. The van der Waals surface area contributed by atoms with Crippen molar-refractivity contribution in [1.29, 1.82) is 5.26 Å². The molecule has 0 spiro atoms. The molecule has 0 bridgehead atoms. The van der Waals surface area contributed by atoms with Gasteiger partial charge in [-0.2, -0.15) is 5.26 Å². The van der Waals surface area contributed by atoms with Crippen LogP contribution in [-0.4, -0.2) is 5.78 Å². The second-order valence-electron chi connectivity index (χ2n) is 4.14. The molecule has 2 nitrogen and oxygen atoms in total. The highest BCUT2D eigenvalue weighted by molar-refractivity contribution is 6.35. The number of nitrogens with zero attached hydrogens (tertiary/aromatic N) is 1. The van der Waals surface area contributed by atoms with Gasteiger partial charge in [0.05, 0.1) is 6.07 Å². The molecule has 1 aromatic rings. The maximum atomic E-state index is 12.3. The zero-order chi connectivity index (χ0) is 13.7. The number of ketones is 1. The van der Waals surface area contributed by atoms with Crippen LogP contribution in [-0.2, 0) is 4.79 Å². The van der Waals surface area contributed by atoms with Crippen molar-refractivity contribution in [3.8, 4) is 6.07 Å². The van der Waals surface area contributed by atoms with Gasteiger partial charge in [0.1, 0.15) is 5.92 Å². The molecule has 0 amide bonds. The second kappa shape index (κ2) is 6.78. The van der Waals surface area contributed by atoms with Crippen molar-refractivity contribution in [2.24, 2.45) is 5.92 Å². The van der Waals surface area contributed by atoms with Gasteiger partial charge in [0.15, 0.2) is 5.78 Å². The van der Waals surface area contributed by atoms with Crippen LogP contribution in [0.25, 0.3) is 0 Å². The van der Waals surface area contributed by atoms with E-state index in [-0.39, 0.29) is 11.7 Å². The topological polar surface area (TPSA) is 40.9 Å². The Morgan fingerprint density at radius 1 is 1.33 bits per heavy atom. The van der Waals surface area contributed by atoms with Gasteiger partial charge in [-0.1, -0.05) is 43.1 Å². The first-order chi connectivity index (χ1) is 8.54. The first-order valence-corrected chi connectivity index (χ1v) is 6.69. The van der Waals surface area contributed by atoms with E-state index in [1.807, 2.05) is 13.8 Å². The molecular weight excluding hydrogens is 269 g/mol. The van der Waals surface area contributed by atoms with Crippen molar-refractivity contribution in [3.05, 3.63) is 33.8 Å². The minimum absolute atomic E-state index is 0.0632. The SMILES string of the molecule is CCC(CC)C(=O)C(C#N)c1ccc(Cl)cc1Cl. The van der Waals surface area contributed by atoms with Gasteiger partial charge >= 0.3 is 0 Å². The minimum atomic E-state index is -0.806. The molecule has 1 aromatic carbocycles. The fourth-order valence-corrected chi connectivity index (χ4v) is 2.47. The zero-order valence-electron chi connectivity index (χ0n) is 10.4. The van der Waals surface area contributed by atoms with Gasteiger partial charge in [0.2, 0.25) is 0 Å². The van der Waals surface area contributed by atoms with Gasteiger partial charge in [0.25, 0.3) is 0 Å². The lowest BCUT2D eigenvalue weighted by molar-refractivity contribution is -0.123. The Balaban J connectivity index is 3.11. The van der Waals surface area contributed by atoms with Gasteiger partial charge in [-0.3, -0.25) is 4.79 Å². The van der Waals surface area contributed by atoms with E-state index in [2.05, 4.69) is 6.07 Å². The summed E-state index contributed by atoms with van der Waals surface area (Å²) >= 11 is 11.9. The molecule has 0 N–H and O–H groups in total. The summed E-state index contributed by atoms with van der Waals surface area (Å²) in [6.45, 7) is 3.90. The monoisotopic (exact) mass is 283 g/mol. The van der Waals surface area contributed by atoms with Crippen LogP contribution in [0.5, 0.6) is 0 Å². The maximum absolute atomic E-state index is 12.3. The van der Waals surface area contributed by atoms with Crippen LogP contribution in [0.1, 0.15) is 38.2 Å². The Bertz CT molecular complexity index is 475. The number of carbonyl (C=O) groups is 1. The molecule has 0 radical (unpaired) electrons. The average molecular weight is 284 g/mol. The van der Waals surface area contributed by atoms with Crippen LogP contribution >= 0.6 is 23.2 Å². The van der Waals surface area contributed by atoms with Crippen molar-refractivity contribution >= 4 is 29.0 Å². The summed E-state index contributed by atoms with van der Waals surface area (Å²) < 4.78 is 0. The van der Waals surface area contributed by atoms with Crippen molar-refractivity contribution in [3.63, 3.8) is 0 Å². The van der Waals surface area contributed by atoms with Gasteiger partial charge in [-0.05, 0) is 30.5 Å². The summed E-state index contributed by atoms with van der Waals surface area (Å²) in [6, 6.07) is 6.91. The highest BCUT2D eigenvalue weighted by atomic mass is 35.5. The molecule has 1 rings (SSSR count). The Morgan fingerprint density at radius 3 is 2.39 bits per heavy atom. The fourth-order valence-electron chi connectivity index (χ4n) is 1.95. The third-order valence-corrected chi connectivity index (χ3v) is 3.64. The van der Waals surface area contributed by atoms with Crippen LogP contribution in [0.2, 0.25) is 10.0 Å². The van der Waals surface area contributed by atoms with Crippen LogP contribution < -0.4 is 0 Å². The van der Waals surface area contributed by atoms with E-state index in [0.29, 0.717) is 15.6 Å². The molecule has 0 fully saturated rings. The van der Waals surface area contributed by atoms with Crippen LogP contribution in [0.3, 0.4) is 0 Å². The van der Waals surface area contributed by atoms with E-state index in [0.717, 1.165) is 12.8 Å². The smallest absolute Gasteiger partial charge is 0.157 e. The number of halogens is 2. The summed E-state index contributed by atoms with van der Waals surface area (Å²) in [4.78, 5) is 12.3. The largest absolute Gasteiger partial charge is 0.298 e. The summed E-state index contributed by atoms with van der Waals surface area (Å²) in [6.07, 6.45) is 1.47. The summed E-state index contributed by atoms with van der Waals surface area (Å²) in [7, 11) is 0. The lowest BCUT2D eigenvalue weighted by Crippen LogP contribution is -2.20. The maximum Gasteiger partial charge on any atom is 0.157 e. The van der Waals surface area contributed by atoms with Crippen LogP contribution in [0.4, 0.5) is 0 Å². The molecule has 0 aliphatic rings. The normalized spacial score (nSPS) is 12.2. The third-order valence-electron chi connectivity index (χ3n) is 3.08. The molecule has 0 saturated carbocycles. The van der Waals surface area contributed by atoms with E-state index in [9.17, 15) is 10.1 Å². The van der Waals surface area contributed by atoms with Crippen molar-refractivity contribution in [2.75, 3.05) is 0 Å². The highest BCUT2D eigenvalue weighted by Gasteiger charge is 2.27. The molecule has 18 heavy (non-hydrogen) atoms.